The number of alkyl halides is 3. The molecular weight excluding hydrogens is 291 g/mol. The van der Waals surface area contributed by atoms with Crippen LogP contribution >= 0.6 is 0 Å². The molecule has 1 aromatic carbocycles. The van der Waals surface area contributed by atoms with Gasteiger partial charge in [0.05, 0.1) is 5.56 Å². The van der Waals surface area contributed by atoms with Crippen molar-refractivity contribution < 1.29 is 18.0 Å². The van der Waals surface area contributed by atoms with Gasteiger partial charge in [0.15, 0.2) is 0 Å². The van der Waals surface area contributed by atoms with Gasteiger partial charge in [-0.05, 0) is 42.9 Å². The zero-order chi connectivity index (χ0) is 16.2. The van der Waals surface area contributed by atoms with Gasteiger partial charge >= 0.3 is 6.18 Å². The van der Waals surface area contributed by atoms with Crippen LogP contribution < -0.4 is 0 Å². The molecular formula is C17H20F3NO. The second-order valence-corrected chi connectivity index (χ2v) is 5.75. The van der Waals surface area contributed by atoms with Crippen LogP contribution in [0.15, 0.2) is 36.9 Å². The lowest BCUT2D eigenvalue weighted by Gasteiger charge is -2.23. The maximum atomic E-state index is 12.8. The molecule has 0 N–H and O–H groups in total. The highest BCUT2D eigenvalue weighted by atomic mass is 19.4. The fourth-order valence-corrected chi connectivity index (χ4v) is 2.93. The van der Waals surface area contributed by atoms with Gasteiger partial charge in [0.25, 0.3) is 0 Å². The predicted molar refractivity (Wildman–Crippen MR) is 79.3 cm³/mol. The van der Waals surface area contributed by atoms with Gasteiger partial charge in [-0.15, -0.1) is 0 Å². The maximum absolute atomic E-state index is 12.8. The van der Waals surface area contributed by atoms with Crippen molar-refractivity contribution in [1.29, 1.82) is 0 Å². The first-order valence-corrected chi connectivity index (χ1v) is 7.47. The van der Waals surface area contributed by atoms with E-state index in [4.69, 9.17) is 0 Å². The van der Waals surface area contributed by atoms with Gasteiger partial charge in [0.2, 0.25) is 5.91 Å². The number of hydrogen-bond acceptors (Lipinski definition) is 1. The van der Waals surface area contributed by atoms with Gasteiger partial charge in [-0.25, -0.2) is 0 Å². The highest BCUT2D eigenvalue weighted by molar-refractivity contribution is 5.87. The fourth-order valence-electron chi connectivity index (χ4n) is 2.93. The molecule has 1 aliphatic heterocycles. The number of benzene rings is 1. The Kier molecular flexibility index (Phi) is 5.27. The third-order valence-corrected chi connectivity index (χ3v) is 4.03. The Morgan fingerprint density at radius 3 is 2.82 bits per heavy atom. The molecule has 22 heavy (non-hydrogen) atoms. The van der Waals surface area contributed by atoms with Crippen molar-refractivity contribution in [2.24, 2.45) is 5.92 Å². The summed E-state index contributed by atoms with van der Waals surface area (Å²) in [7, 11) is 0. The Morgan fingerprint density at radius 2 is 2.14 bits per heavy atom. The van der Waals surface area contributed by atoms with E-state index in [9.17, 15) is 18.0 Å². The summed E-state index contributed by atoms with van der Waals surface area (Å²) in [6.45, 7) is 4.78. The van der Waals surface area contributed by atoms with Gasteiger partial charge < -0.3 is 4.90 Å². The van der Waals surface area contributed by atoms with Crippen LogP contribution in [-0.2, 0) is 17.4 Å². The number of amides is 1. The SMILES string of the molecule is C=CC(=O)N1CCCC[C@@H](Cc2cccc(C(F)(F)F)c2)C1. The van der Waals surface area contributed by atoms with Gasteiger partial charge in [0.1, 0.15) is 0 Å². The standard InChI is InChI=1S/C17H20F3NO/c1-2-16(22)21-9-4-3-6-14(12-21)10-13-7-5-8-15(11-13)17(18,19)20/h2,5,7-8,11,14H,1,3-4,6,9-10,12H2/t14-/m0/s1. The lowest BCUT2D eigenvalue weighted by Crippen LogP contribution is -2.33. The van der Waals surface area contributed by atoms with Crippen LogP contribution in [0, 0.1) is 5.92 Å². The Hall–Kier alpha value is -1.78. The van der Waals surface area contributed by atoms with Crippen molar-refractivity contribution in [3.63, 3.8) is 0 Å². The molecule has 1 amide bonds. The topological polar surface area (TPSA) is 20.3 Å². The van der Waals surface area contributed by atoms with Crippen molar-refractivity contribution >= 4 is 5.91 Å². The third-order valence-electron chi connectivity index (χ3n) is 4.03. The molecule has 0 saturated carbocycles. The van der Waals surface area contributed by atoms with Gasteiger partial charge in [-0.2, -0.15) is 13.2 Å². The zero-order valence-corrected chi connectivity index (χ0v) is 12.4. The summed E-state index contributed by atoms with van der Waals surface area (Å²) in [6, 6.07) is 5.47. The van der Waals surface area contributed by atoms with Crippen molar-refractivity contribution in [3.05, 3.63) is 48.0 Å². The van der Waals surface area contributed by atoms with Crippen LogP contribution in [0.1, 0.15) is 30.4 Å². The van der Waals surface area contributed by atoms with E-state index in [1.54, 1.807) is 11.0 Å². The Bertz CT molecular complexity index is 539. The van der Waals surface area contributed by atoms with Crippen molar-refractivity contribution in [2.45, 2.75) is 31.9 Å². The van der Waals surface area contributed by atoms with Crippen molar-refractivity contribution in [1.82, 2.24) is 4.90 Å². The number of carbonyl (C=O) groups is 1. The van der Waals surface area contributed by atoms with Crippen LogP contribution in [0.25, 0.3) is 0 Å². The number of likely N-dealkylation sites (tertiary alicyclic amines) is 1. The van der Waals surface area contributed by atoms with E-state index >= 15 is 0 Å². The molecule has 0 unspecified atom stereocenters. The van der Waals surface area contributed by atoms with E-state index < -0.39 is 11.7 Å². The minimum absolute atomic E-state index is 0.101. The molecule has 1 aliphatic rings. The van der Waals surface area contributed by atoms with Crippen LogP contribution in [0.3, 0.4) is 0 Å². The summed E-state index contributed by atoms with van der Waals surface area (Å²) in [4.78, 5) is 13.5. The van der Waals surface area contributed by atoms with Crippen LogP contribution in [0.4, 0.5) is 13.2 Å². The highest BCUT2D eigenvalue weighted by Crippen LogP contribution is 2.30. The first-order chi connectivity index (χ1) is 10.4. The molecule has 120 valence electrons. The van der Waals surface area contributed by atoms with Gasteiger partial charge in [-0.3, -0.25) is 4.79 Å². The second-order valence-electron chi connectivity index (χ2n) is 5.75. The zero-order valence-electron chi connectivity index (χ0n) is 12.4. The monoisotopic (exact) mass is 311 g/mol. The van der Waals surface area contributed by atoms with E-state index in [-0.39, 0.29) is 11.8 Å². The maximum Gasteiger partial charge on any atom is 0.416 e. The first-order valence-electron chi connectivity index (χ1n) is 7.47. The lowest BCUT2D eigenvalue weighted by atomic mass is 9.94. The molecule has 2 nitrogen and oxygen atoms in total. The predicted octanol–water partition coefficient (Wildman–Crippen LogP) is 4.06. The van der Waals surface area contributed by atoms with E-state index in [1.165, 1.54) is 18.2 Å². The van der Waals surface area contributed by atoms with Gasteiger partial charge in [0, 0.05) is 13.1 Å². The first kappa shape index (κ1) is 16.6. The molecule has 1 fully saturated rings. The number of nitrogens with zero attached hydrogens (tertiary/aromatic N) is 1. The molecule has 5 heteroatoms. The summed E-state index contributed by atoms with van der Waals surface area (Å²) >= 11 is 0. The van der Waals surface area contributed by atoms with E-state index in [0.717, 1.165) is 25.3 Å². The Labute approximate surface area is 128 Å². The Morgan fingerprint density at radius 1 is 1.36 bits per heavy atom. The molecule has 0 bridgehead atoms. The molecule has 1 saturated heterocycles. The minimum Gasteiger partial charge on any atom is -0.339 e. The summed E-state index contributed by atoms with van der Waals surface area (Å²) in [5.41, 5.74) is 0.0605. The average Bonchev–Trinajstić information content (AvgIpc) is 2.71. The number of halogens is 3. The third kappa shape index (κ3) is 4.36. The van der Waals surface area contributed by atoms with Crippen LogP contribution in [0.5, 0.6) is 0 Å². The minimum atomic E-state index is -4.32. The van der Waals surface area contributed by atoms with Crippen LogP contribution in [0.2, 0.25) is 0 Å². The largest absolute Gasteiger partial charge is 0.416 e. The molecule has 0 aromatic heterocycles. The average molecular weight is 311 g/mol. The number of hydrogen-bond donors (Lipinski definition) is 0. The molecule has 0 radical (unpaired) electrons. The molecule has 2 rings (SSSR count). The molecule has 1 aromatic rings. The summed E-state index contributed by atoms with van der Waals surface area (Å²) in [6.07, 6.45) is 0.391. The summed E-state index contributed by atoms with van der Waals surface area (Å²) in [5, 5.41) is 0. The molecule has 1 atom stereocenters. The van der Waals surface area contributed by atoms with E-state index in [1.807, 2.05) is 0 Å². The number of rotatable bonds is 3. The molecule has 0 spiro atoms. The van der Waals surface area contributed by atoms with E-state index in [2.05, 4.69) is 6.58 Å². The normalized spacial score (nSPS) is 19.6. The smallest absolute Gasteiger partial charge is 0.339 e. The van der Waals surface area contributed by atoms with Crippen LogP contribution in [-0.4, -0.2) is 23.9 Å². The fraction of sp³-hybridized carbons (Fsp3) is 0.471. The quantitative estimate of drug-likeness (QED) is 0.771. The molecule has 1 heterocycles. The van der Waals surface area contributed by atoms with Crippen molar-refractivity contribution in [3.8, 4) is 0 Å². The number of carbonyl (C=O) groups excluding carboxylic acids is 1. The van der Waals surface area contributed by atoms with E-state index in [0.29, 0.717) is 25.1 Å². The summed E-state index contributed by atoms with van der Waals surface area (Å²) < 4.78 is 38.3. The second kappa shape index (κ2) is 6.99. The lowest BCUT2D eigenvalue weighted by molar-refractivity contribution is -0.137. The Balaban J connectivity index is 2.08. The molecule has 0 aliphatic carbocycles. The van der Waals surface area contributed by atoms with Crippen molar-refractivity contribution in [2.75, 3.05) is 13.1 Å². The summed E-state index contributed by atoms with van der Waals surface area (Å²) in [5.74, 6) is 0.0887. The highest BCUT2D eigenvalue weighted by Gasteiger charge is 2.30. The van der Waals surface area contributed by atoms with Gasteiger partial charge in [-0.1, -0.05) is 31.2 Å².